The van der Waals surface area contributed by atoms with E-state index in [1.807, 2.05) is 25.1 Å². The van der Waals surface area contributed by atoms with Crippen LogP contribution in [-0.2, 0) is 11.3 Å². The SMILES string of the molecule is C=CC(=O)NC(C)c1nc2ccccc2n1Cc1cc(C)ccc1C. The zero-order valence-corrected chi connectivity index (χ0v) is 14.9. The highest BCUT2D eigenvalue weighted by molar-refractivity contribution is 5.87. The number of imidazole rings is 1. The first-order valence-corrected chi connectivity index (χ1v) is 8.44. The average molecular weight is 333 g/mol. The average Bonchev–Trinajstić information content (AvgIpc) is 2.97. The van der Waals surface area contributed by atoms with Crippen LogP contribution in [0.1, 0.15) is 35.5 Å². The minimum absolute atomic E-state index is 0.196. The fraction of sp³-hybridized carbons (Fsp3) is 0.238. The highest BCUT2D eigenvalue weighted by Crippen LogP contribution is 2.23. The lowest BCUT2D eigenvalue weighted by Crippen LogP contribution is -2.27. The molecule has 4 nitrogen and oxygen atoms in total. The van der Waals surface area contributed by atoms with Crippen molar-refractivity contribution in [2.75, 3.05) is 0 Å². The number of hydrogen-bond acceptors (Lipinski definition) is 2. The molecule has 25 heavy (non-hydrogen) atoms. The van der Waals surface area contributed by atoms with Gasteiger partial charge in [-0.05, 0) is 50.1 Å². The smallest absolute Gasteiger partial charge is 0.243 e. The Hall–Kier alpha value is -2.88. The summed E-state index contributed by atoms with van der Waals surface area (Å²) in [4.78, 5) is 16.5. The van der Waals surface area contributed by atoms with Gasteiger partial charge in [0.05, 0.1) is 17.1 Å². The number of aromatic nitrogens is 2. The lowest BCUT2D eigenvalue weighted by atomic mass is 10.1. The van der Waals surface area contributed by atoms with Gasteiger partial charge in [-0.3, -0.25) is 4.79 Å². The van der Waals surface area contributed by atoms with Crippen LogP contribution in [0.4, 0.5) is 0 Å². The molecule has 0 spiro atoms. The summed E-state index contributed by atoms with van der Waals surface area (Å²) in [6.45, 7) is 10.4. The number of para-hydroxylation sites is 2. The summed E-state index contributed by atoms with van der Waals surface area (Å²) in [6.07, 6.45) is 1.29. The van der Waals surface area contributed by atoms with E-state index >= 15 is 0 Å². The first-order valence-electron chi connectivity index (χ1n) is 8.44. The standard InChI is InChI=1S/C21H23N3O/c1-5-20(25)22-16(4)21-23-18-8-6-7-9-19(18)24(21)13-17-12-14(2)10-11-15(17)3/h5-12,16H,1,13H2,2-4H3,(H,22,25). The first-order chi connectivity index (χ1) is 12.0. The number of fused-ring (bicyclic) bond motifs is 1. The molecule has 0 radical (unpaired) electrons. The van der Waals surface area contributed by atoms with Crippen LogP contribution in [0, 0.1) is 13.8 Å². The molecule has 1 unspecified atom stereocenters. The molecule has 4 heteroatoms. The summed E-state index contributed by atoms with van der Waals surface area (Å²) in [5.74, 6) is 0.648. The molecule has 1 amide bonds. The van der Waals surface area contributed by atoms with E-state index in [0.717, 1.165) is 23.4 Å². The lowest BCUT2D eigenvalue weighted by molar-refractivity contribution is -0.117. The second-order valence-electron chi connectivity index (χ2n) is 6.41. The lowest BCUT2D eigenvalue weighted by Gasteiger charge is -2.17. The Morgan fingerprint density at radius 1 is 1.28 bits per heavy atom. The molecule has 0 aliphatic heterocycles. The number of nitrogens with zero attached hydrogens (tertiary/aromatic N) is 2. The zero-order valence-electron chi connectivity index (χ0n) is 14.9. The van der Waals surface area contributed by atoms with Gasteiger partial charge in [0.1, 0.15) is 5.82 Å². The zero-order chi connectivity index (χ0) is 18.0. The second kappa shape index (κ2) is 6.93. The normalized spacial score (nSPS) is 12.1. The molecular weight excluding hydrogens is 310 g/mol. The van der Waals surface area contributed by atoms with Crippen molar-refractivity contribution in [3.63, 3.8) is 0 Å². The highest BCUT2D eigenvalue weighted by atomic mass is 16.1. The number of aryl methyl sites for hydroxylation is 2. The fourth-order valence-corrected chi connectivity index (χ4v) is 3.07. The third kappa shape index (κ3) is 3.48. The van der Waals surface area contributed by atoms with Crippen molar-refractivity contribution in [2.24, 2.45) is 0 Å². The van der Waals surface area contributed by atoms with Gasteiger partial charge in [-0.1, -0.05) is 42.5 Å². The summed E-state index contributed by atoms with van der Waals surface area (Å²) in [6, 6.07) is 14.3. The highest BCUT2D eigenvalue weighted by Gasteiger charge is 2.18. The molecule has 2 aromatic carbocycles. The van der Waals surface area contributed by atoms with Gasteiger partial charge in [0.2, 0.25) is 5.91 Å². The Labute approximate surface area is 148 Å². The Kier molecular flexibility index (Phi) is 4.70. The molecule has 1 atom stereocenters. The topological polar surface area (TPSA) is 46.9 Å². The van der Waals surface area contributed by atoms with Gasteiger partial charge in [0, 0.05) is 6.54 Å². The number of amides is 1. The van der Waals surface area contributed by atoms with Crippen LogP contribution in [0.3, 0.4) is 0 Å². The van der Waals surface area contributed by atoms with Crippen molar-refractivity contribution in [3.05, 3.63) is 77.6 Å². The molecule has 1 heterocycles. The largest absolute Gasteiger partial charge is 0.343 e. The van der Waals surface area contributed by atoms with E-state index in [1.54, 1.807) is 0 Å². The maximum absolute atomic E-state index is 11.7. The molecule has 3 rings (SSSR count). The Balaban J connectivity index is 2.08. The Bertz CT molecular complexity index is 939. The van der Waals surface area contributed by atoms with Gasteiger partial charge in [-0.2, -0.15) is 0 Å². The molecule has 3 aromatic rings. The van der Waals surface area contributed by atoms with Crippen LogP contribution >= 0.6 is 0 Å². The molecule has 128 valence electrons. The predicted molar refractivity (Wildman–Crippen MR) is 102 cm³/mol. The van der Waals surface area contributed by atoms with Crippen LogP contribution in [0.5, 0.6) is 0 Å². The van der Waals surface area contributed by atoms with Gasteiger partial charge in [0.25, 0.3) is 0 Å². The van der Waals surface area contributed by atoms with E-state index in [1.165, 1.54) is 22.8 Å². The molecule has 0 aliphatic carbocycles. The fourth-order valence-electron chi connectivity index (χ4n) is 3.07. The minimum atomic E-state index is -0.206. The molecule has 0 aliphatic rings. The molecule has 0 fully saturated rings. The molecule has 0 saturated heterocycles. The van der Waals surface area contributed by atoms with Crippen molar-refractivity contribution in [3.8, 4) is 0 Å². The van der Waals surface area contributed by atoms with E-state index < -0.39 is 0 Å². The van der Waals surface area contributed by atoms with Gasteiger partial charge < -0.3 is 9.88 Å². The maximum Gasteiger partial charge on any atom is 0.243 e. The van der Waals surface area contributed by atoms with Crippen LogP contribution in [0.15, 0.2) is 55.1 Å². The van der Waals surface area contributed by atoms with E-state index in [-0.39, 0.29) is 11.9 Å². The Morgan fingerprint density at radius 2 is 2.04 bits per heavy atom. The van der Waals surface area contributed by atoms with Gasteiger partial charge in [-0.15, -0.1) is 0 Å². The number of rotatable bonds is 5. The summed E-state index contributed by atoms with van der Waals surface area (Å²) >= 11 is 0. The predicted octanol–water partition coefficient (Wildman–Crippen LogP) is 4.06. The summed E-state index contributed by atoms with van der Waals surface area (Å²) in [5, 5.41) is 2.92. The van der Waals surface area contributed by atoms with Gasteiger partial charge >= 0.3 is 0 Å². The van der Waals surface area contributed by atoms with Crippen molar-refractivity contribution in [1.29, 1.82) is 0 Å². The van der Waals surface area contributed by atoms with Gasteiger partial charge in [-0.25, -0.2) is 4.98 Å². The van der Waals surface area contributed by atoms with Crippen molar-refractivity contribution < 1.29 is 4.79 Å². The second-order valence-corrected chi connectivity index (χ2v) is 6.41. The quantitative estimate of drug-likeness (QED) is 0.716. The van der Waals surface area contributed by atoms with Crippen LogP contribution < -0.4 is 5.32 Å². The number of carbonyl (C=O) groups is 1. The minimum Gasteiger partial charge on any atom is -0.343 e. The van der Waals surface area contributed by atoms with Gasteiger partial charge in [0.15, 0.2) is 0 Å². The Morgan fingerprint density at radius 3 is 2.80 bits per heavy atom. The van der Waals surface area contributed by atoms with Crippen LogP contribution in [0.2, 0.25) is 0 Å². The summed E-state index contributed by atoms with van der Waals surface area (Å²) in [5.41, 5.74) is 5.74. The third-order valence-corrected chi connectivity index (χ3v) is 4.45. The number of carbonyl (C=O) groups excluding carboxylic acids is 1. The molecule has 1 aromatic heterocycles. The third-order valence-electron chi connectivity index (χ3n) is 4.45. The van der Waals surface area contributed by atoms with Crippen molar-refractivity contribution in [2.45, 2.75) is 33.4 Å². The molecule has 1 N–H and O–H groups in total. The first kappa shape index (κ1) is 17.0. The van der Waals surface area contributed by atoms with Crippen LogP contribution in [-0.4, -0.2) is 15.5 Å². The maximum atomic E-state index is 11.7. The number of hydrogen-bond donors (Lipinski definition) is 1. The van der Waals surface area contributed by atoms with E-state index in [2.05, 4.69) is 54.6 Å². The van der Waals surface area contributed by atoms with E-state index in [0.29, 0.717) is 0 Å². The molecular formula is C21H23N3O. The summed E-state index contributed by atoms with van der Waals surface area (Å²) < 4.78 is 2.19. The number of benzene rings is 2. The van der Waals surface area contributed by atoms with Crippen LogP contribution in [0.25, 0.3) is 11.0 Å². The van der Waals surface area contributed by atoms with E-state index in [9.17, 15) is 4.79 Å². The molecule has 0 saturated carbocycles. The summed E-state index contributed by atoms with van der Waals surface area (Å²) in [7, 11) is 0. The van der Waals surface area contributed by atoms with Crippen molar-refractivity contribution >= 4 is 16.9 Å². The monoisotopic (exact) mass is 333 g/mol. The van der Waals surface area contributed by atoms with Crippen molar-refractivity contribution in [1.82, 2.24) is 14.9 Å². The number of nitrogens with one attached hydrogen (secondary N) is 1. The molecule has 0 bridgehead atoms. The van der Waals surface area contributed by atoms with E-state index in [4.69, 9.17) is 4.98 Å².